The van der Waals surface area contributed by atoms with Crippen molar-refractivity contribution in [2.75, 3.05) is 47.3 Å². The van der Waals surface area contributed by atoms with E-state index in [0.29, 0.717) is 18.5 Å². The minimum absolute atomic E-state index is 0.0165. The van der Waals surface area contributed by atoms with Crippen molar-refractivity contribution in [2.24, 2.45) is 23.5 Å². The van der Waals surface area contributed by atoms with Gasteiger partial charge in [0.15, 0.2) is 5.78 Å². The van der Waals surface area contributed by atoms with Gasteiger partial charge in [0.2, 0.25) is 5.91 Å². The number of Topliss-reactive ketones (excluding diaryl/α,β-unsaturated/α-hetero) is 1. The van der Waals surface area contributed by atoms with Crippen LogP contribution in [-0.4, -0.2) is 95.1 Å². The number of aliphatic hydroxyl groups is 2. The van der Waals surface area contributed by atoms with Crippen molar-refractivity contribution in [1.82, 2.24) is 14.7 Å². The Morgan fingerprint density at radius 2 is 1.81 bits per heavy atom. The molecule has 3 aliphatic carbocycles. The lowest BCUT2D eigenvalue weighted by Crippen LogP contribution is -2.49. The molecule has 1 aromatic carbocycles. The standard InChI is InChI=1S/C27H35FN4O5/c1-30(2)23-15-8-13-9-17-21(19(33)10-14(22(17)28)12-32-6-4-31(3)5-7-32)26(36)20(13)24(34)16(15)11-18(25(23)35)27(29)37/h10,13,15-16,23,33-35H,4-9,11-12H2,1-3H3,(H2,29,37)/t13-,15-,16?,23+/m1/s1. The van der Waals surface area contributed by atoms with Crippen LogP contribution in [0, 0.1) is 23.6 Å². The van der Waals surface area contributed by atoms with Gasteiger partial charge >= 0.3 is 0 Å². The lowest BCUT2D eigenvalue weighted by Gasteiger charge is -2.47. The van der Waals surface area contributed by atoms with Gasteiger partial charge in [-0.3, -0.25) is 19.4 Å². The number of aliphatic hydroxyl groups excluding tert-OH is 2. The maximum Gasteiger partial charge on any atom is 0.248 e. The van der Waals surface area contributed by atoms with Gasteiger partial charge in [0.25, 0.3) is 0 Å². The molecule has 4 aliphatic rings. The average Bonchev–Trinajstić information content (AvgIpc) is 2.82. The van der Waals surface area contributed by atoms with E-state index in [2.05, 4.69) is 9.80 Å². The Kier molecular flexibility index (Phi) is 6.54. The fourth-order valence-corrected chi connectivity index (χ4v) is 6.81. The predicted molar refractivity (Wildman–Crippen MR) is 135 cm³/mol. The van der Waals surface area contributed by atoms with Crippen LogP contribution in [-0.2, 0) is 17.8 Å². The van der Waals surface area contributed by atoms with Crippen LogP contribution in [0.5, 0.6) is 5.75 Å². The molecule has 1 aliphatic heterocycles. The molecule has 1 heterocycles. The number of amides is 1. The molecule has 4 atom stereocenters. The quantitative estimate of drug-likeness (QED) is 0.478. The maximum absolute atomic E-state index is 15.8. The summed E-state index contributed by atoms with van der Waals surface area (Å²) in [6, 6.07) is 0.756. The second kappa shape index (κ2) is 9.41. The zero-order valence-electron chi connectivity index (χ0n) is 21.5. The third kappa shape index (κ3) is 4.20. The average molecular weight is 515 g/mol. The summed E-state index contributed by atoms with van der Waals surface area (Å²) in [6.45, 7) is 3.67. The number of rotatable bonds is 4. The van der Waals surface area contributed by atoms with E-state index in [1.807, 2.05) is 7.05 Å². The molecule has 1 unspecified atom stereocenters. The first-order valence-electron chi connectivity index (χ1n) is 12.8. The van der Waals surface area contributed by atoms with Crippen molar-refractivity contribution >= 4 is 11.7 Å². The first-order valence-corrected chi connectivity index (χ1v) is 12.8. The number of hydrogen-bond donors (Lipinski definition) is 4. The molecule has 1 saturated heterocycles. The van der Waals surface area contributed by atoms with Crippen molar-refractivity contribution in [3.05, 3.63) is 51.2 Å². The molecule has 0 aromatic heterocycles. The van der Waals surface area contributed by atoms with Crippen LogP contribution in [0.2, 0.25) is 0 Å². The SMILES string of the molecule is CN1CCN(Cc2cc(O)c3c(c2F)C[C@H]2C[C@@H]4C(CC(C(N)=O)=C(O)[C@H]4N(C)C)C(O)=C2C3=O)CC1. The van der Waals surface area contributed by atoms with Gasteiger partial charge in [-0.15, -0.1) is 0 Å². The van der Waals surface area contributed by atoms with Crippen LogP contribution < -0.4 is 5.73 Å². The maximum atomic E-state index is 15.8. The largest absolute Gasteiger partial charge is 0.512 e. The minimum Gasteiger partial charge on any atom is -0.512 e. The molecule has 5 rings (SSSR count). The van der Waals surface area contributed by atoms with Crippen molar-refractivity contribution in [3.8, 4) is 5.75 Å². The number of carbonyl (C=O) groups is 2. The number of aromatic hydroxyl groups is 1. The van der Waals surface area contributed by atoms with Crippen LogP contribution in [0.25, 0.3) is 0 Å². The van der Waals surface area contributed by atoms with Gasteiger partial charge in [0.05, 0.1) is 17.2 Å². The van der Waals surface area contributed by atoms with Gasteiger partial charge in [0.1, 0.15) is 23.1 Å². The molecule has 1 aromatic rings. The summed E-state index contributed by atoms with van der Waals surface area (Å²) in [5, 5.41) is 33.0. The van der Waals surface area contributed by atoms with E-state index >= 15 is 4.39 Å². The van der Waals surface area contributed by atoms with Crippen molar-refractivity contribution in [2.45, 2.75) is 31.8 Å². The molecule has 9 nitrogen and oxygen atoms in total. The molecule has 1 amide bonds. The highest BCUT2D eigenvalue weighted by atomic mass is 19.1. The van der Waals surface area contributed by atoms with E-state index < -0.39 is 35.4 Å². The number of fused-ring (bicyclic) bond motifs is 3. The van der Waals surface area contributed by atoms with E-state index in [-0.39, 0.29) is 58.3 Å². The molecule has 1 fully saturated rings. The van der Waals surface area contributed by atoms with E-state index in [4.69, 9.17) is 5.73 Å². The molecular weight excluding hydrogens is 479 g/mol. The van der Waals surface area contributed by atoms with Crippen LogP contribution in [0.15, 0.2) is 28.7 Å². The number of likely N-dealkylation sites (N-methyl/N-ethyl adjacent to an activating group) is 2. The number of phenols is 1. The van der Waals surface area contributed by atoms with Crippen LogP contribution in [0.3, 0.4) is 0 Å². The number of ketones is 1. The monoisotopic (exact) mass is 514 g/mol. The first-order chi connectivity index (χ1) is 17.5. The second-order valence-electron chi connectivity index (χ2n) is 11.2. The number of hydrogen-bond acceptors (Lipinski definition) is 8. The van der Waals surface area contributed by atoms with Crippen LogP contribution in [0.1, 0.15) is 34.3 Å². The zero-order valence-corrected chi connectivity index (χ0v) is 21.5. The Bertz CT molecular complexity index is 1220. The molecule has 37 heavy (non-hydrogen) atoms. The number of benzene rings is 1. The van der Waals surface area contributed by atoms with Crippen molar-refractivity contribution < 1.29 is 29.3 Å². The topological polar surface area (TPSA) is 131 Å². The van der Waals surface area contributed by atoms with E-state index in [1.54, 1.807) is 19.0 Å². The third-order valence-electron chi connectivity index (χ3n) is 8.71. The highest BCUT2D eigenvalue weighted by Gasteiger charge is 2.51. The Hall–Kier alpha value is -2.95. The summed E-state index contributed by atoms with van der Waals surface area (Å²) in [5.74, 6) is -3.74. The first kappa shape index (κ1) is 25.7. The van der Waals surface area contributed by atoms with Gasteiger partial charge in [-0.2, -0.15) is 0 Å². The lowest BCUT2D eigenvalue weighted by molar-refractivity contribution is -0.115. The Labute approximate surface area is 215 Å². The summed E-state index contributed by atoms with van der Waals surface area (Å²) in [4.78, 5) is 31.8. The van der Waals surface area contributed by atoms with Crippen molar-refractivity contribution in [3.63, 3.8) is 0 Å². The third-order valence-corrected chi connectivity index (χ3v) is 8.71. The number of carbonyl (C=O) groups excluding carboxylic acids is 2. The molecule has 0 saturated carbocycles. The normalized spacial score (nSPS) is 28.8. The van der Waals surface area contributed by atoms with Crippen LogP contribution in [0.4, 0.5) is 4.39 Å². The Balaban J connectivity index is 1.53. The summed E-state index contributed by atoms with van der Waals surface area (Å²) < 4.78 is 15.8. The number of piperazine rings is 1. The van der Waals surface area contributed by atoms with Gasteiger partial charge < -0.3 is 26.0 Å². The van der Waals surface area contributed by atoms with Gasteiger partial charge in [0, 0.05) is 55.3 Å². The molecule has 5 N–H and O–H groups in total. The highest BCUT2D eigenvalue weighted by Crippen LogP contribution is 2.51. The molecule has 0 radical (unpaired) electrons. The fourth-order valence-electron chi connectivity index (χ4n) is 6.81. The Morgan fingerprint density at radius 3 is 2.43 bits per heavy atom. The molecule has 10 heteroatoms. The smallest absolute Gasteiger partial charge is 0.248 e. The molecular formula is C27H35FN4O5. The lowest BCUT2D eigenvalue weighted by atomic mass is 9.61. The van der Waals surface area contributed by atoms with Crippen LogP contribution >= 0.6 is 0 Å². The highest BCUT2D eigenvalue weighted by molar-refractivity contribution is 6.13. The van der Waals surface area contributed by atoms with Gasteiger partial charge in [-0.25, -0.2) is 4.39 Å². The molecule has 0 bridgehead atoms. The minimum atomic E-state index is -0.768. The number of halogens is 1. The Morgan fingerprint density at radius 1 is 1.14 bits per heavy atom. The van der Waals surface area contributed by atoms with E-state index in [0.717, 1.165) is 26.2 Å². The van der Waals surface area contributed by atoms with Gasteiger partial charge in [-0.1, -0.05) is 0 Å². The molecule has 200 valence electrons. The number of allylic oxidation sites excluding steroid dienone is 2. The number of nitrogens with two attached hydrogens (primary N) is 1. The predicted octanol–water partition coefficient (Wildman–Crippen LogP) is 1.71. The van der Waals surface area contributed by atoms with E-state index in [9.17, 15) is 24.9 Å². The number of nitrogens with zero attached hydrogens (tertiary/aromatic N) is 3. The number of phenolic OH excluding ortho intramolecular Hbond substituents is 1. The fraction of sp³-hybridized carbons (Fsp3) is 0.556. The summed E-state index contributed by atoms with van der Waals surface area (Å²) in [7, 11) is 5.57. The molecule has 0 spiro atoms. The van der Waals surface area contributed by atoms with Crippen molar-refractivity contribution in [1.29, 1.82) is 0 Å². The number of primary amides is 1. The van der Waals surface area contributed by atoms with Gasteiger partial charge in [-0.05, 0) is 58.3 Å². The van der Waals surface area contributed by atoms with E-state index in [1.165, 1.54) is 6.07 Å². The summed E-state index contributed by atoms with van der Waals surface area (Å²) in [6.07, 6.45) is 0.590. The summed E-state index contributed by atoms with van der Waals surface area (Å²) >= 11 is 0. The zero-order chi connectivity index (χ0) is 26.8. The second-order valence-corrected chi connectivity index (χ2v) is 11.2. The summed E-state index contributed by atoms with van der Waals surface area (Å²) in [5.41, 5.74) is 6.16.